The molecule has 3 heterocycles. The van der Waals surface area contributed by atoms with Gasteiger partial charge in [-0.05, 0) is 75.3 Å². The summed E-state index contributed by atoms with van der Waals surface area (Å²) in [5.41, 5.74) is 1.61. The molecule has 4 amide bonds. The van der Waals surface area contributed by atoms with Crippen molar-refractivity contribution in [2.24, 2.45) is 11.8 Å². The second kappa shape index (κ2) is 16.2. The third-order valence-corrected chi connectivity index (χ3v) is 14.2. The first-order chi connectivity index (χ1) is 28.0. The third kappa shape index (κ3) is 8.10. The summed E-state index contributed by atoms with van der Waals surface area (Å²) in [6, 6.07) is 13.4. The van der Waals surface area contributed by atoms with E-state index in [9.17, 15) is 27.6 Å². The zero-order valence-electron chi connectivity index (χ0n) is 32.7. The van der Waals surface area contributed by atoms with Gasteiger partial charge in [-0.2, -0.15) is 0 Å². The SMILES string of the molecule is C=C[C@H]1C[C@]1(NC(=O)[C@@H]1C[C@@H]2CN1C(=O)[C@H](C1CCCC1)NC(=O)OCCCCCc1cc3c(cc(-c4ccccc4)nc3cc1OC)O2)C(=O)NS(=O)(=O)C1CC1. The quantitative estimate of drug-likeness (QED) is 0.251. The van der Waals surface area contributed by atoms with E-state index in [0.717, 1.165) is 55.0 Å². The lowest BCUT2D eigenvalue weighted by Crippen LogP contribution is -2.59. The number of methoxy groups -OCH3 is 1. The van der Waals surface area contributed by atoms with E-state index in [-0.39, 0.29) is 31.9 Å². The van der Waals surface area contributed by atoms with Crippen molar-refractivity contribution in [3.05, 3.63) is 66.7 Å². The molecule has 3 N–H and O–H groups in total. The summed E-state index contributed by atoms with van der Waals surface area (Å²) in [6.45, 7) is 4.00. The fraction of sp³-hybridized carbons (Fsp3) is 0.512. The van der Waals surface area contributed by atoms with Gasteiger partial charge in [-0.25, -0.2) is 18.2 Å². The number of hydrogen-bond acceptors (Lipinski definition) is 10. The van der Waals surface area contributed by atoms with Gasteiger partial charge in [0.2, 0.25) is 21.8 Å². The van der Waals surface area contributed by atoms with Gasteiger partial charge in [-0.3, -0.25) is 19.1 Å². The lowest BCUT2D eigenvalue weighted by atomic mass is 9.96. The number of ether oxygens (including phenoxy) is 3. The number of aromatic nitrogens is 1. The van der Waals surface area contributed by atoms with Gasteiger partial charge in [0.25, 0.3) is 5.91 Å². The van der Waals surface area contributed by atoms with Gasteiger partial charge in [0, 0.05) is 35.4 Å². The van der Waals surface area contributed by atoms with Crippen LogP contribution in [0.3, 0.4) is 0 Å². The van der Waals surface area contributed by atoms with Gasteiger partial charge in [0.05, 0.1) is 36.7 Å². The molecular formula is C43H51N5O9S. The Labute approximate surface area is 338 Å². The molecule has 2 aromatic carbocycles. The topological polar surface area (TPSA) is 182 Å². The van der Waals surface area contributed by atoms with Crippen molar-refractivity contribution in [2.75, 3.05) is 20.3 Å². The molecule has 3 saturated carbocycles. The molecule has 4 bridgehead atoms. The van der Waals surface area contributed by atoms with Crippen LogP contribution in [0.25, 0.3) is 22.2 Å². The molecular weight excluding hydrogens is 763 g/mol. The number of nitrogens with one attached hydrogen (secondary N) is 3. The molecule has 5 atom stereocenters. The maximum Gasteiger partial charge on any atom is 0.407 e. The Kier molecular flexibility index (Phi) is 11.1. The highest BCUT2D eigenvalue weighted by atomic mass is 32.2. The number of carbonyl (C=O) groups is 4. The predicted molar refractivity (Wildman–Crippen MR) is 215 cm³/mol. The Hall–Kier alpha value is -5.18. The second-order valence-corrected chi connectivity index (χ2v) is 18.3. The highest BCUT2D eigenvalue weighted by molar-refractivity contribution is 7.91. The Bertz CT molecular complexity index is 2210. The second-order valence-electron chi connectivity index (χ2n) is 16.3. The van der Waals surface area contributed by atoms with Crippen LogP contribution in [-0.2, 0) is 35.6 Å². The van der Waals surface area contributed by atoms with Gasteiger partial charge < -0.3 is 29.7 Å². The van der Waals surface area contributed by atoms with E-state index in [0.29, 0.717) is 48.4 Å². The number of nitrogens with zero attached hydrogens (tertiary/aromatic N) is 2. The summed E-state index contributed by atoms with van der Waals surface area (Å²) in [7, 11) is -2.28. The highest BCUT2D eigenvalue weighted by Gasteiger charge is 2.62. The standard InChI is InChI=1S/C43H51N5O9S/c1-3-29-24-43(29,41(51)47-58(53,54)31-17-18-31)46-39(49)35-21-30-25-48(35)40(50)38(27-14-9-10-15-27)45-42(52)56-19-11-5-8-16-28-20-32-34(23-36(28)55-2)44-33(22-37(32)57-30)26-12-6-4-7-13-26/h3-4,6-7,12-13,20,22-23,27,29-31,35,38H,1,5,8-11,14-19,21,24-25H2,2H3,(H,45,52)(H,46,49)(H,47,51)/t29-,30+,35-,38-,43+/m0/s1. The first-order valence-electron chi connectivity index (χ1n) is 20.5. The van der Waals surface area contributed by atoms with Crippen LogP contribution in [0.2, 0.25) is 0 Å². The minimum Gasteiger partial charge on any atom is -0.496 e. The third-order valence-electron chi connectivity index (χ3n) is 12.4. The molecule has 0 unspecified atom stereocenters. The number of amides is 4. The fourth-order valence-electron chi connectivity index (χ4n) is 8.86. The number of aryl methyl sites for hydroxylation is 1. The van der Waals surface area contributed by atoms with E-state index >= 15 is 0 Å². The molecule has 58 heavy (non-hydrogen) atoms. The molecule has 2 aliphatic heterocycles. The van der Waals surface area contributed by atoms with Crippen LogP contribution in [0.5, 0.6) is 11.5 Å². The van der Waals surface area contributed by atoms with Crippen molar-refractivity contribution < 1.29 is 41.8 Å². The maximum atomic E-state index is 14.8. The molecule has 8 rings (SSSR count). The van der Waals surface area contributed by atoms with Crippen LogP contribution in [0.4, 0.5) is 4.79 Å². The summed E-state index contributed by atoms with van der Waals surface area (Å²) in [4.78, 5) is 62.7. The van der Waals surface area contributed by atoms with Gasteiger partial charge in [-0.15, -0.1) is 6.58 Å². The molecule has 14 nitrogen and oxygen atoms in total. The number of rotatable bonds is 9. The monoisotopic (exact) mass is 813 g/mol. The summed E-state index contributed by atoms with van der Waals surface area (Å²) in [5, 5.41) is 5.83. The smallest absolute Gasteiger partial charge is 0.407 e. The molecule has 4 fully saturated rings. The lowest BCUT2D eigenvalue weighted by molar-refractivity contribution is -0.142. The summed E-state index contributed by atoms with van der Waals surface area (Å²) < 4.78 is 46.1. The van der Waals surface area contributed by atoms with Gasteiger partial charge in [0.15, 0.2) is 0 Å². The highest BCUT2D eigenvalue weighted by Crippen LogP contribution is 2.46. The van der Waals surface area contributed by atoms with Crippen LogP contribution in [0, 0.1) is 11.8 Å². The van der Waals surface area contributed by atoms with Crippen molar-refractivity contribution in [2.45, 2.75) is 106 Å². The fourth-order valence-corrected chi connectivity index (χ4v) is 10.2. The number of cyclic esters (lactones) is 1. The van der Waals surface area contributed by atoms with E-state index in [1.54, 1.807) is 7.11 Å². The Morgan fingerprint density at radius 1 is 1.03 bits per heavy atom. The minimum atomic E-state index is -3.90. The van der Waals surface area contributed by atoms with Crippen LogP contribution in [-0.4, -0.2) is 91.4 Å². The molecule has 1 aromatic heterocycles. The van der Waals surface area contributed by atoms with Crippen molar-refractivity contribution in [3.8, 4) is 22.8 Å². The minimum absolute atomic E-state index is 0.00447. The van der Waals surface area contributed by atoms with Gasteiger partial charge in [0.1, 0.15) is 35.2 Å². The molecule has 3 aliphatic carbocycles. The van der Waals surface area contributed by atoms with E-state index in [1.807, 2.05) is 48.5 Å². The Morgan fingerprint density at radius 3 is 2.52 bits per heavy atom. The van der Waals surface area contributed by atoms with E-state index in [1.165, 1.54) is 11.0 Å². The van der Waals surface area contributed by atoms with Crippen molar-refractivity contribution in [1.29, 1.82) is 0 Å². The molecule has 3 aromatic rings. The van der Waals surface area contributed by atoms with E-state index in [4.69, 9.17) is 19.2 Å². The molecule has 5 aliphatic rings. The number of pyridine rings is 1. The first-order valence-corrected chi connectivity index (χ1v) is 22.0. The molecule has 15 heteroatoms. The molecule has 0 radical (unpaired) electrons. The zero-order valence-corrected chi connectivity index (χ0v) is 33.6. The van der Waals surface area contributed by atoms with Crippen LogP contribution >= 0.6 is 0 Å². The first kappa shape index (κ1) is 39.6. The maximum absolute atomic E-state index is 14.8. The lowest BCUT2D eigenvalue weighted by Gasteiger charge is -2.32. The Balaban J connectivity index is 1.17. The Morgan fingerprint density at radius 2 is 1.81 bits per heavy atom. The summed E-state index contributed by atoms with van der Waals surface area (Å²) >= 11 is 0. The number of carbonyl (C=O) groups excluding carboxylic acids is 4. The number of hydrogen-bond donors (Lipinski definition) is 3. The van der Waals surface area contributed by atoms with Crippen LogP contribution in [0.1, 0.15) is 76.2 Å². The molecule has 1 saturated heterocycles. The predicted octanol–water partition coefficient (Wildman–Crippen LogP) is 4.94. The number of sulfonamides is 1. The summed E-state index contributed by atoms with van der Waals surface area (Å²) in [6.07, 6.45) is 7.46. The number of alkyl carbamates (subject to hydrolysis) is 1. The molecule has 0 spiro atoms. The number of benzene rings is 2. The summed E-state index contributed by atoms with van der Waals surface area (Å²) in [5.74, 6) is -1.37. The molecule has 308 valence electrons. The van der Waals surface area contributed by atoms with Crippen LogP contribution in [0.15, 0.2) is 61.2 Å². The number of fused-ring (bicyclic) bond motifs is 3. The van der Waals surface area contributed by atoms with Crippen molar-refractivity contribution in [1.82, 2.24) is 25.2 Å². The van der Waals surface area contributed by atoms with E-state index in [2.05, 4.69) is 21.9 Å². The van der Waals surface area contributed by atoms with Gasteiger partial charge in [-0.1, -0.05) is 49.2 Å². The zero-order chi connectivity index (χ0) is 40.6. The average molecular weight is 814 g/mol. The van der Waals surface area contributed by atoms with Crippen LogP contribution < -0.4 is 24.8 Å². The van der Waals surface area contributed by atoms with Crippen molar-refractivity contribution >= 4 is 44.7 Å². The average Bonchev–Trinajstić information content (AvgIpc) is 4.09. The van der Waals surface area contributed by atoms with Crippen molar-refractivity contribution in [3.63, 3.8) is 0 Å². The van der Waals surface area contributed by atoms with Gasteiger partial charge >= 0.3 is 6.09 Å². The largest absolute Gasteiger partial charge is 0.496 e. The normalized spacial score (nSPS) is 26.8. The van der Waals surface area contributed by atoms with E-state index < -0.39 is 68.7 Å².